The van der Waals surface area contributed by atoms with Gasteiger partial charge in [0.25, 0.3) is 0 Å². The van der Waals surface area contributed by atoms with Gasteiger partial charge in [0, 0.05) is 29.9 Å². The van der Waals surface area contributed by atoms with Crippen molar-refractivity contribution in [2.45, 2.75) is 370 Å². The highest BCUT2D eigenvalue weighted by atomic mass is 35.5. The third-order valence-corrected chi connectivity index (χ3v) is 32.9. The minimum absolute atomic E-state index is 0.211. The predicted molar refractivity (Wildman–Crippen MR) is 394 cm³/mol. The molecule has 0 amide bonds. The van der Waals surface area contributed by atoms with Crippen LogP contribution in [0.5, 0.6) is 0 Å². The lowest BCUT2D eigenvalue weighted by Crippen LogP contribution is -2.61. The minimum atomic E-state index is -4.10. The van der Waals surface area contributed by atoms with Gasteiger partial charge in [0.05, 0.1) is 12.1 Å². The Morgan fingerprint density at radius 3 is 1.51 bits per heavy atom. The van der Waals surface area contributed by atoms with Crippen molar-refractivity contribution in [1.29, 1.82) is 0 Å². The molecule has 19 saturated carbocycles. The second kappa shape index (κ2) is 27.0. The zero-order valence-electron chi connectivity index (χ0n) is 64.1. The Morgan fingerprint density at radius 1 is 0.553 bits per heavy atom. The van der Waals surface area contributed by atoms with Crippen molar-refractivity contribution >= 4 is 23.2 Å². The molecule has 538 valence electrons. The Balaban J connectivity index is 0.000000115. The van der Waals surface area contributed by atoms with E-state index in [2.05, 4.69) is 124 Å². The Morgan fingerprint density at radius 2 is 1.06 bits per heavy atom. The van der Waals surface area contributed by atoms with E-state index in [1.54, 1.807) is 6.42 Å². The van der Waals surface area contributed by atoms with Crippen molar-refractivity contribution in [2.24, 2.45) is 120 Å². The number of hydrogen-bond donors (Lipinski definition) is 0. The molecule has 0 radical (unpaired) electrons. The maximum Gasteiger partial charge on any atom is 0.401 e. The topological polar surface area (TPSA) is 12.5 Å². The van der Waals surface area contributed by atoms with Gasteiger partial charge in [-0.25, -0.2) is 0 Å². The SMILES string of the molecule is CC(C)C12CC3CC(C)(CC(C)(C3)C1)C2.CC(C)C12CC3CC(CC(Cl)(C3)C1)C2.CC(C)C1C2CC3CC(C2)CC1(Cl)C3.CC(C)c1ccc2c(c1)CCN(CC(F)(F)F)C2.CCCCCC12CCC(C(C)(C)C)(CC1)CC2.COC12CC3CC(C)(C1)CC(C(C)C)(C3)C2. The summed E-state index contributed by atoms with van der Waals surface area (Å²) in [6.45, 7) is 41.1. The van der Waals surface area contributed by atoms with Gasteiger partial charge in [0.2, 0.25) is 0 Å². The van der Waals surface area contributed by atoms with E-state index in [9.17, 15) is 13.2 Å². The molecule has 21 rings (SSSR count). The first-order valence-electron chi connectivity index (χ1n) is 40.5. The Hall–Kier alpha value is -0.490. The number of ether oxygens (including phenoxy) is 1. The highest BCUT2D eigenvalue weighted by Crippen LogP contribution is 2.73. The molecule has 1 heterocycles. The summed E-state index contributed by atoms with van der Waals surface area (Å²) < 4.78 is 43.0. The maximum absolute atomic E-state index is 12.3. The molecule has 19 aliphatic carbocycles. The molecule has 11 unspecified atom stereocenters. The summed E-state index contributed by atoms with van der Waals surface area (Å²) in [6, 6.07) is 6.15. The number of alkyl halides is 5. The zero-order chi connectivity index (χ0) is 68.3. The van der Waals surface area contributed by atoms with Gasteiger partial charge in [0.15, 0.2) is 0 Å². The molecule has 0 N–H and O–H groups in total. The standard InChI is InChI=1S/C17H32.C15H26O.C15H26.C14H18F3N.2C13H21Cl/c1-5-6-7-8-16-9-12-17(13-10-16,14-11-16)15(2,3)4;1-11(2)14-6-12-5-13(3,8-14)9-15(7-12,10-14)16-4;1-11(2)15-7-12-5-13(3,9-15)8-14(4,6-12)10-15;1-10(2)11-3-4-13-8-18(9-14(15,16)17)6-5-12(13)7-11;1-9(2)12-4-10-3-11(5-12)7-13(14,6-10)8-12;1-8(2)12-11-4-9-3-10(5-11)7-13(12,14)6-9/h5-14H2,1-4H3;11-12H,5-10H2,1-4H3;11-12H,5-10H2,1-4H3;3-4,7,10H,5-6,8-9H2,1-2H3;9-11H,3-8H2,1-2H3;8-12H,3-7H2,1-2H3. The Bertz CT molecular complexity index is 2660. The monoisotopic (exact) mass is 1350 g/mol. The quantitative estimate of drug-likeness (QED) is 0.162. The van der Waals surface area contributed by atoms with Crippen molar-refractivity contribution in [2.75, 3.05) is 20.2 Å². The van der Waals surface area contributed by atoms with Crippen molar-refractivity contribution in [3.63, 3.8) is 0 Å². The summed E-state index contributed by atoms with van der Waals surface area (Å²) >= 11 is 13.7. The van der Waals surface area contributed by atoms with E-state index in [4.69, 9.17) is 27.9 Å². The third-order valence-electron chi connectivity index (χ3n) is 31.9. The summed E-state index contributed by atoms with van der Waals surface area (Å²) in [7, 11) is 1.95. The summed E-state index contributed by atoms with van der Waals surface area (Å²) in [5.41, 5.74) is 9.71. The van der Waals surface area contributed by atoms with E-state index in [1.165, 1.54) is 221 Å². The normalized spacial score (nSPS) is 45.2. The average molecular weight is 1350 g/mol. The molecule has 7 heteroatoms. The lowest BCUT2D eigenvalue weighted by molar-refractivity contribution is -0.219. The molecule has 1 aliphatic heterocycles. The molecule has 1 aromatic rings. The largest absolute Gasteiger partial charge is 0.401 e. The number of methoxy groups -OCH3 is 1. The van der Waals surface area contributed by atoms with Gasteiger partial charge in [-0.15, -0.1) is 23.2 Å². The molecule has 2 nitrogen and oxygen atoms in total. The fourth-order valence-corrected chi connectivity index (χ4v) is 30.4. The van der Waals surface area contributed by atoms with Crippen molar-refractivity contribution in [3.05, 3.63) is 34.9 Å². The van der Waals surface area contributed by atoms with E-state index in [-0.39, 0.29) is 15.3 Å². The van der Waals surface area contributed by atoms with Crippen LogP contribution in [0.3, 0.4) is 0 Å². The predicted octanol–water partition coefficient (Wildman–Crippen LogP) is 26.6. The van der Waals surface area contributed by atoms with Crippen LogP contribution in [0.2, 0.25) is 0 Å². The van der Waals surface area contributed by atoms with Gasteiger partial charge < -0.3 is 4.74 Å². The van der Waals surface area contributed by atoms with Crippen molar-refractivity contribution in [3.8, 4) is 0 Å². The zero-order valence-corrected chi connectivity index (χ0v) is 65.7. The van der Waals surface area contributed by atoms with E-state index in [0.29, 0.717) is 63.3 Å². The smallest absolute Gasteiger partial charge is 0.378 e. The highest BCUT2D eigenvalue weighted by molar-refractivity contribution is 6.24. The second-order valence-corrected chi connectivity index (χ2v) is 43.7. The molecule has 0 saturated heterocycles. The summed E-state index contributed by atoms with van der Waals surface area (Å²) in [5.74, 6) is 11.5. The number of fused-ring (bicyclic) bond motifs is 4. The van der Waals surface area contributed by atoms with Crippen LogP contribution in [-0.4, -0.2) is 46.6 Å². The highest BCUT2D eigenvalue weighted by Gasteiger charge is 2.65. The fourth-order valence-electron chi connectivity index (χ4n) is 28.9. The van der Waals surface area contributed by atoms with Gasteiger partial charge in [-0.05, 0) is 341 Å². The molecule has 20 aliphatic rings. The summed E-state index contributed by atoms with van der Waals surface area (Å²) in [4.78, 5) is 1.90. The number of unbranched alkanes of at least 4 members (excludes halogenated alkanes) is 2. The number of hydrogen-bond acceptors (Lipinski definition) is 2. The molecule has 0 aromatic heterocycles. The van der Waals surface area contributed by atoms with Crippen LogP contribution in [0.4, 0.5) is 13.2 Å². The molecule has 0 spiro atoms. The van der Waals surface area contributed by atoms with Gasteiger partial charge in [-0.2, -0.15) is 13.2 Å². The van der Waals surface area contributed by atoms with Gasteiger partial charge in [-0.1, -0.05) is 155 Å². The number of halogens is 5. The first-order chi connectivity index (χ1) is 43.6. The van der Waals surface area contributed by atoms with E-state index in [0.717, 1.165) is 87.4 Å². The molecule has 18 bridgehead atoms. The average Bonchev–Trinajstić information content (AvgIpc) is 0.721. The van der Waals surface area contributed by atoms with Crippen LogP contribution >= 0.6 is 23.2 Å². The fraction of sp³-hybridized carbons (Fsp3) is 0.931. The third kappa shape index (κ3) is 15.6. The molecule has 1 aromatic carbocycles. The molecule has 11 atom stereocenters. The van der Waals surface area contributed by atoms with Crippen LogP contribution < -0.4 is 0 Å². The Labute approximate surface area is 587 Å². The van der Waals surface area contributed by atoms with Gasteiger partial charge in [0.1, 0.15) is 0 Å². The van der Waals surface area contributed by atoms with Crippen LogP contribution in [-0.2, 0) is 17.7 Å². The van der Waals surface area contributed by atoms with Crippen LogP contribution in [0.25, 0.3) is 0 Å². The van der Waals surface area contributed by atoms with Crippen molar-refractivity contribution < 1.29 is 17.9 Å². The number of nitrogens with zero attached hydrogens (tertiary/aromatic N) is 1. The van der Waals surface area contributed by atoms with Crippen molar-refractivity contribution in [1.82, 2.24) is 4.90 Å². The van der Waals surface area contributed by atoms with E-state index >= 15 is 0 Å². The Kier molecular flexibility index (Phi) is 21.4. The molecule has 94 heavy (non-hydrogen) atoms. The maximum atomic E-state index is 12.3. The van der Waals surface area contributed by atoms with Gasteiger partial charge >= 0.3 is 6.18 Å². The lowest BCUT2D eigenvalue weighted by Gasteiger charge is -2.67. The first kappa shape index (κ1) is 74.7. The first-order valence-corrected chi connectivity index (χ1v) is 41.2. The molecular weight excluding hydrogens is 1200 g/mol. The molecular formula is C87H144Cl2F3NO. The summed E-state index contributed by atoms with van der Waals surface area (Å²) in [6.07, 6.45) is 44.8. The number of rotatable bonds is 11. The van der Waals surface area contributed by atoms with E-state index in [1.807, 2.05) is 19.2 Å². The van der Waals surface area contributed by atoms with Crippen LogP contribution in [0.1, 0.15) is 352 Å². The van der Waals surface area contributed by atoms with Gasteiger partial charge in [-0.3, -0.25) is 4.90 Å². The second-order valence-electron chi connectivity index (χ2n) is 42.2. The minimum Gasteiger partial charge on any atom is -0.378 e. The number of benzene rings is 1. The summed E-state index contributed by atoms with van der Waals surface area (Å²) in [5, 5.41) is 0. The van der Waals surface area contributed by atoms with Crippen LogP contribution in [0.15, 0.2) is 18.2 Å². The molecule has 19 fully saturated rings. The van der Waals surface area contributed by atoms with Crippen LogP contribution in [0, 0.1) is 120 Å². The lowest BCUT2D eigenvalue weighted by atomic mass is 9.38. The van der Waals surface area contributed by atoms with E-state index < -0.39 is 12.7 Å².